The Labute approximate surface area is 163 Å². The van der Waals surface area contributed by atoms with Crippen LogP contribution in [0.1, 0.15) is 61.8 Å². The normalized spacial score (nSPS) is 11.8. The highest BCUT2D eigenvalue weighted by molar-refractivity contribution is 6.89. The third-order valence-corrected chi connectivity index (χ3v) is 12.3. The van der Waals surface area contributed by atoms with E-state index in [0.717, 1.165) is 0 Å². The summed E-state index contributed by atoms with van der Waals surface area (Å²) in [7, 11) is -2.53. The van der Waals surface area contributed by atoms with E-state index < -0.39 is 32.0 Å². The van der Waals surface area contributed by atoms with Crippen molar-refractivity contribution in [1.82, 2.24) is 0 Å². The van der Waals surface area contributed by atoms with Gasteiger partial charge in [0.05, 0.1) is 21.3 Å². The predicted molar refractivity (Wildman–Crippen MR) is 105 cm³/mol. The summed E-state index contributed by atoms with van der Waals surface area (Å²) in [5.74, 6) is -2.74. The first-order valence-electron chi connectivity index (χ1n) is 9.61. The molecule has 0 amide bonds. The van der Waals surface area contributed by atoms with Crippen LogP contribution in [0.2, 0.25) is 16.6 Å². The van der Waals surface area contributed by atoms with Crippen molar-refractivity contribution < 1.29 is 27.8 Å². The third-order valence-electron chi connectivity index (χ3n) is 5.18. The molecule has 0 N–H and O–H groups in total. The van der Waals surface area contributed by atoms with Crippen LogP contribution in [0.4, 0.5) is 8.78 Å². The SMILES string of the molecule is CCOC(=O)C(CC(=C=C(F)F)[Si](C(C)C)(C(C)C)C(C)C)C(=O)OCC. The van der Waals surface area contributed by atoms with Crippen LogP contribution in [0, 0.1) is 5.92 Å². The summed E-state index contributed by atoms with van der Waals surface area (Å²) in [6, 6.07) is 0. The van der Waals surface area contributed by atoms with Crippen LogP contribution in [-0.2, 0) is 19.1 Å². The highest BCUT2D eigenvalue weighted by Crippen LogP contribution is 2.48. The van der Waals surface area contributed by atoms with Crippen LogP contribution < -0.4 is 0 Å². The Balaban J connectivity index is 6.47. The molecule has 156 valence electrons. The number of hydrogen-bond donors (Lipinski definition) is 0. The van der Waals surface area contributed by atoms with Gasteiger partial charge in [0.2, 0.25) is 0 Å². The molecule has 0 aliphatic heterocycles. The fourth-order valence-electron chi connectivity index (χ4n) is 4.45. The van der Waals surface area contributed by atoms with Crippen LogP contribution >= 0.6 is 0 Å². The maximum absolute atomic E-state index is 13.3. The first-order chi connectivity index (χ1) is 12.5. The van der Waals surface area contributed by atoms with E-state index in [4.69, 9.17) is 9.47 Å². The van der Waals surface area contributed by atoms with E-state index in [0.29, 0.717) is 5.20 Å². The zero-order valence-corrected chi connectivity index (χ0v) is 18.8. The van der Waals surface area contributed by atoms with Gasteiger partial charge in [-0.25, -0.2) is 0 Å². The molecule has 7 heteroatoms. The lowest BCUT2D eigenvalue weighted by atomic mass is 10.1. The molecule has 0 aliphatic carbocycles. The van der Waals surface area contributed by atoms with Crippen molar-refractivity contribution in [2.45, 2.75) is 78.4 Å². The Bertz CT molecular complexity index is 535. The molecule has 0 radical (unpaired) electrons. The summed E-state index contributed by atoms with van der Waals surface area (Å²) in [4.78, 5) is 24.7. The number of carbonyl (C=O) groups is 2. The van der Waals surface area contributed by atoms with Gasteiger partial charge in [0.25, 0.3) is 0 Å². The summed E-state index contributed by atoms with van der Waals surface area (Å²) in [6.07, 6.45) is -2.08. The molecule has 0 rings (SSSR count). The molecule has 0 heterocycles. The number of esters is 2. The second kappa shape index (κ2) is 11.4. The van der Waals surface area contributed by atoms with Crippen LogP contribution in [0.3, 0.4) is 0 Å². The summed E-state index contributed by atoms with van der Waals surface area (Å²) in [6.45, 7) is 15.6. The van der Waals surface area contributed by atoms with E-state index in [2.05, 4.69) is 5.73 Å². The van der Waals surface area contributed by atoms with Gasteiger partial charge in [0, 0.05) is 0 Å². The molecule has 0 spiro atoms. The molecule has 0 aliphatic rings. The number of halogens is 2. The van der Waals surface area contributed by atoms with Crippen molar-refractivity contribution in [3.8, 4) is 0 Å². The van der Waals surface area contributed by atoms with E-state index in [1.807, 2.05) is 41.5 Å². The van der Waals surface area contributed by atoms with Crippen LogP contribution in [0.25, 0.3) is 0 Å². The Morgan fingerprint density at radius 2 is 1.22 bits per heavy atom. The Morgan fingerprint density at radius 1 is 0.852 bits per heavy atom. The van der Waals surface area contributed by atoms with Crippen LogP contribution in [0.5, 0.6) is 0 Å². The number of allylic oxidation sites excluding steroid dienone is 1. The van der Waals surface area contributed by atoms with Gasteiger partial charge in [-0.3, -0.25) is 9.59 Å². The summed E-state index contributed by atoms with van der Waals surface area (Å²) in [5.41, 5.74) is 2.62. The highest BCUT2D eigenvalue weighted by Gasteiger charge is 2.48. The van der Waals surface area contributed by atoms with E-state index in [9.17, 15) is 18.4 Å². The Kier molecular flexibility index (Phi) is 10.8. The smallest absolute Gasteiger partial charge is 0.320 e. The fourth-order valence-corrected chi connectivity index (χ4v) is 11.4. The number of rotatable bonds is 10. The number of carbonyl (C=O) groups excluding carboxylic acids is 2. The minimum Gasteiger partial charge on any atom is -0.465 e. The quantitative estimate of drug-likeness (QED) is 0.205. The van der Waals surface area contributed by atoms with Gasteiger partial charge in [0.1, 0.15) is 0 Å². The maximum Gasteiger partial charge on any atom is 0.320 e. The minimum atomic E-state index is -2.53. The zero-order chi connectivity index (χ0) is 21.4. The lowest BCUT2D eigenvalue weighted by Crippen LogP contribution is -2.48. The van der Waals surface area contributed by atoms with Gasteiger partial charge in [0.15, 0.2) is 5.92 Å². The predicted octanol–water partition coefficient (Wildman–Crippen LogP) is 5.64. The Morgan fingerprint density at radius 3 is 1.48 bits per heavy atom. The summed E-state index contributed by atoms with van der Waals surface area (Å²) >= 11 is 0. The lowest BCUT2D eigenvalue weighted by Gasteiger charge is -2.44. The number of ether oxygens (including phenoxy) is 2. The van der Waals surface area contributed by atoms with Crippen molar-refractivity contribution in [3.05, 3.63) is 17.0 Å². The maximum atomic E-state index is 13.3. The van der Waals surface area contributed by atoms with Crippen LogP contribution in [0.15, 0.2) is 17.0 Å². The van der Waals surface area contributed by atoms with Gasteiger partial charge >= 0.3 is 18.0 Å². The Hall–Kier alpha value is -1.46. The molecular weight excluding hydrogens is 370 g/mol. The average molecular weight is 405 g/mol. The molecule has 0 aromatic heterocycles. The second-order valence-electron chi connectivity index (χ2n) is 7.52. The van der Waals surface area contributed by atoms with E-state index >= 15 is 0 Å². The monoisotopic (exact) mass is 404 g/mol. The lowest BCUT2D eigenvalue weighted by molar-refractivity contribution is -0.161. The highest BCUT2D eigenvalue weighted by atomic mass is 28.3. The minimum absolute atomic E-state index is 0.0994. The molecule has 4 nitrogen and oxygen atoms in total. The first-order valence-corrected chi connectivity index (χ1v) is 11.8. The molecule has 0 aromatic carbocycles. The molecule has 0 bridgehead atoms. The first kappa shape index (κ1) is 25.5. The van der Waals surface area contributed by atoms with E-state index in [1.54, 1.807) is 13.8 Å². The third kappa shape index (κ3) is 6.28. The summed E-state index contributed by atoms with van der Waals surface area (Å²) in [5, 5.41) is 0.397. The molecule has 0 atom stereocenters. The zero-order valence-electron chi connectivity index (χ0n) is 17.8. The molecule has 0 aromatic rings. The second-order valence-corrected chi connectivity index (χ2v) is 13.5. The number of hydrogen-bond acceptors (Lipinski definition) is 4. The topological polar surface area (TPSA) is 52.6 Å². The van der Waals surface area contributed by atoms with Crippen molar-refractivity contribution in [2.24, 2.45) is 5.92 Å². The fraction of sp³-hybridized carbons (Fsp3) is 0.750. The van der Waals surface area contributed by atoms with Gasteiger partial charge in [-0.05, 0) is 42.1 Å². The largest absolute Gasteiger partial charge is 0.465 e. The molecule has 0 unspecified atom stereocenters. The van der Waals surface area contributed by atoms with E-state index in [1.165, 1.54) is 0 Å². The van der Waals surface area contributed by atoms with Gasteiger partial charge in [-0.1, -0.05) is 47.3 Å². The molecule has 0 saturated carbocycles. The van der Waals surface area contributed by atoms with E-state index in [-0.39, 0.29) is 36.3 Å². The van der Waals surface area contributed by atoms with Gasteiger partial charge < -0.3 is 9.47 Å². The van der Waals surface area contributed by atoms with Crippen molar-refractivity contribution in [3.63, 3.8) is 0 Å². The van der Waals surface area contributed by atoms with Crippen molar-refractivity contribution in [1.29, 1.82) is 0 Å². The summed E-state index contributed by atoms with van der Waals surface area (Å²) < 4.78 is 36.7. The molecule has 0 fully saturated rings. The molecule has 27 heavy (non-hydrogen) atoms. The van der Waals surface area contributed by atoms with Gasteiger partial charge in [-0.15, -0.1) is 0 Å². The van der Waals surface area contributed by atoms with Gasteiger partial charge in [-0.2, -0.15) is 8.78 Å². The standard InChI is InChI=1S/C20H34F2O4Si/c1-9-25-19(23)17(20(24)26-10-2)11-16(12-18(21)22)27(13(3)4,14(5)6)15(7)8/h13-15,17H,9-11H2,1-8H3. The van der Waals surface area contributed by atoms with Crippen molar-refractivity contribution >= 4 is 20.0 Å². The average Bonchev–Trinajstić information content (AvgIpc) is 2.51. The van der Waals surface area contributed by atoms with Crippen molar-refractivity contribution in [2.75, 3.05) is 13.2 Å². The molecular formula is C20H34F2O4Si. The molecule has 0 saturated heterocycles. The van der Waals surface area contributed by atoms with Crippen LogP contribution in [-0.4, -0.2) is 33.2 Å².